The Labute approximate surface area is 196 Å². The van der Waals surface area contributed by atoms with Gasteiger partial charge in [0.2, 0.25) is 0 Å². The number of nitrogens with zero attached hydrogens (tertiary/aromatic N) is 2. The van der Waals surface area contributed by atoms with Crippen LogP contribution in [0.15, 0.2) is 109 Å². The molecule has 3 aromatic carbocycles. The molecule has 0 amide bonds. The second-order valence-electron chi connectivity index (χ2n) is 8.03. The first-order valence-electron chi connectivity index (χ1n) is 10.9. The average Bonchev–Trinajstić information content (AvgIpc) is 3.45. The van der Waals surface area contributed by atoms with Crippen molar-refractivity contribution < 1.29 is 4.79 Å². The summed E-state index contributed by atoms with van der Waals surface area (Å²) in [6.07, 6.45) is 4.55. The number of pyridine rings is 1. The molecule has 0 saturated carbocycles. The molecular formula is C29H20N2OS. The average molecular weight is 445 g/mol. The molecule has 0 aliphatic heterocycles. The fraction of sp³-hybridized carbons (Fsp3) is 0.0345. The number of hydrogen-bond donors (Lipinski definition) is 0. The summed E-state index contributed by atoms with van der Waals surface area (Å²) in [5.74, 6) is 0.996. The van der Waals surface area contributed by atoms with Gasteiger partial charge in [-0.1, -0.05) is 66.7 Å². The van der Waals surface area contributed by atoms with Crippen LogP contribution in [0.2, 0.25) is 0 Å². The van der Waals surface area contributed by atoms with Crippen LogP contribution in [-0.2, 0) is 6.42 Å². The summed E-state index contributed by atoms with van der Waals surface area (Å²) >= 11 is 1.66. The van der Waals surface area contributed by atoms with Crippen molar-refractivity contribution in [1.82, 2.24) is 4.98 Å². The number of benzene rings is 3. The Morgan fingerprint density at radius 1 is 0.818 bits per heavy atom. The number of carbonyl (C=O) groups excluding carboxylic acids is 1. The number of thiophene rings is 1. The van der Waals surface area contributed by atoms with Crippen molar-refractivity contribution in [2.75, 3.05) is 4.90 Å². The molecule has 0 unspecified atom stereocenters. The summed E-state index contributed by atoms with van der Waals surface area (Å²) in [6.45, 7) is 0. The first-order chi connectivity index (χ1) is 16.3. The molecule has 0 fully saturated rings. The fourth-order valence-corrected chi connectivity index (χ4v) is 5.43. The third kappa shape index (κ3) is 3.55. The standard InChI is InChI=1S/C29H20N2OS/c32-29-22(18-21-9-2-4-12-25(21)29)19-23-15-16-28(33-23)31(27-14-5-6-17-30-27)26-13-7-10-20-8-1-3-11-24(20)26/h1-17,19H,18H2/b22-19+. The molecule has 0 atom stereocenters. The molecule has 2 aromatic heterocycles. The van der Waals surface area contributed by atoms with E-state index in [1.165, 1.54) is 10.8 Å². The van der Waals surface area contributed by atoms with Crippen LogP contribution in [0.3, 0.4) is 0 Å². The summed E-state index contributed by atoms with van der Waals surface area (Å²) in [7, 11) is 0. The van der Waals surface area contributed by atoms with E-state index in [4.69, 9.17) is 0 Å². The zero-order valence-electron chi connectivity index (χ0n) is 17.8. The van der Waals surface area contributed by atoms with Gasteiger partial charge in [0.25, 0.3) is 0 Å². The van der Waals surface area contributed by atoms with Gasteiger partial charge < -0.3 is 0 Å². The number of aromatic nitrogens is 1. The van der Waals surface area contributed by atoms with Crippen molar-refractivity contribution in [3.8, 4) is 0 Å². The van der Waals surface area contributed by atoms with E-state index in [0.29, 0.717) is 6.42 Å². The third-order valence-corrected chi connectivity index (χ3v) is 6.99. The molecule has 0 spiro atoms. The number of anilines is 3. The number of carbonyl (C=O) groups is 1. The zero-order valence-corrected chi connectivity index (χ0v) is 18.6. The van der Waals surface area contributed by atoms with Crippen LogP contribution in [0.5, 0.6) is 0 Å². The number of Topliss-reactive ketones (excluding diaryl/α,β-unsaturated/α-hetero) is 1. The second kappa shape index (κ2) is 8.15. The highest BCUT2D eigenvalue weighted by Gasteiger charge is 2.24. The van der Waals surface area contributed by atoms with E-state index in [2.05, 4.69) is 64.5 Å². The number of fused-ring (bicyclic) bond motifs is 2. The van der Waals surface area contributed by atoms with Crippen LogP contribution in [0.25, 0.3) is 16.8 Å². The maximum absolute atomic E-state index is 12.8. The summed E-state index contributed by atoms with van der Waals surface area (Å²) in [5, 5.41) is 3.41. The highest BCUT2D eigenvalue weighted by Crippen LogP contribution is 2.41. The van der Waals surface area contributed by atoms with Crippen LogP contribution in [-0.4, -0.2) is 10.8 Å². The van der Waals surface area contributed by atoms with Gasteiger partial charge in [-0.25, -0.2) is 4.98 Å². The lowest BCUT2D eigenvalue weighted by Crippen LogP contribution is -2.10. The van der Waals surface area contributed by atoms with Gasteiger partial charge in [0.1, 0.15) is 10.8 Å². The lowest BCUT2D eigenvalue weighted by atomic mass is 10.1. The van der Waals surface area contributed by atoms with E-state index >= 15 is 0 Å². The Kier molecular flexibility index (Phi) is 4.85. The van der Waals surface area contributed by atoms with Crippen LogP contribution >= 0.6 is 11.3 Å². The molecule has 158 valence electrons. The smallest absolute Gasteiger partial charge is 0.189 e. The Hall–Kier alpha value is -4.02. The van der Waals surface area contributed by atoms with Crippen molar-refractivity contribution in [3.63, 3.8) is 0 Å². The number of hydrogen-bond acceptors (Lipinski definition) is 4. The molecular weight excluding hydrogens is 424 g/mol. The minimum absolute atomic E-state index is 0.135. The van der Waals surface area contributed by atoms with Gasteiger partial charge in [0.05, 0.1) is 5.69 Å². The zero-order chi connectivity index (χ0) is 22.2. The molecule has 6 rings (SSSR count). The SMILES string of the molecule is O=C1/C(=C/c2ccc(N(c3ccccn3)c3cccc4ccccc34)s2)Cc2ccccc21. The van der Waals surface area contributed by atoms with Crippen LogP contribution in [0, 0.1) is 0 Å². The van der Waals surface area contributed by atoms with Crippen molar-refractivity contribution in [2.45, 2.75) is 6.42 Å². The molecule has 4 heteroatoms. The van der Waals surface area contributed by atoms with E-state index in [1.54, 1.807) is 11.3 Å². The maximum Gasteiger partial charge on any atom is 0.189 e. The number of allylic oxidation sites excluding steroid dienone is 1. The summed E-state index contributed by atoms with van der Waals surface area (Å²) in [5.41, 5.74) is 3.86. The maximum atomic E-state index is 12.8. The lowest BCUT2D eigenvalue weighted by Gasteiger charge is -2.23. The Morgan fingerprint density at radius 3 is 2.52 bits per heavy atom. The Balaban J connectivity index is 1.43. The molecule has 5 aromatic rings. The highest BCUT2D eigenvalue weighted by molar-refractivity contribution is 7.17. The minimum atomic E-state index is 0.135. The molecule has 33 heavy (non-hydrogen) atoms. The van der Waals surface area contributed by atoms with Crippen LogP contribution < -0.4 is 4.90 Å². The van der Waals surface area contributed by atoms with Gasteiger partial charge in [0, 0.05) is 34.0 Å². The third-order valence-electron chi connectivity index (χ3n) is 5.97. The summed E-state index contributed by atoms with van der Waals surface area (Å²) in [6, 6.07) is 32.8. The van der Waals surface area contributed by atoms with Gasteiger partial charge in [-0.05, 0) is 47.4 Å². The van der Waals surface area contributed by atoms with Crippen LogP contribution in [0.4, 0.5) is 16.5 Å². The second-order valence-corrected chi connectivity index (χ2v) is 9.12. The molecule has 1 aliphatic rings. The minimum Gasteiger partial charge on any atom is -0.289 e. The molecule has 0 saturated heterocycles. The monoisotopic (exact) mass is 444 g/mol. The summed E-state index contributed by atoms with van der Waals surface area (Å²) < 4.78 is 0. The first-order valence-corrected chi connectivity index (χ1v) is 11.7. The van der Waals surface area contributed by atoms with E-state index < -0.39 is 0 Å². The fourth-order valence-electron chi connectivity index (χ4n) is 4.43. The Bertz CT molecular complexity index is 1510. The van der Waals surface area contributed by atoms with Crippen molar-refractivity contribution in [3.05, 3.63) is 125 Å². The quantitative estimate of drug-likeness (QED) is 0.268. The van der Waals surface area contributed by atoms with Crippen molar-refractivity contribution in [1.29, 1.82) is 0 Å². The molecule has 2 heterocycles. The lowest BCUT2D eigenvalue weighted by molar-refractivity contribution is 0.104. The van der Waals surface area contributed by atoms with Crippen molar-refractivity contribution in [2.24, 2.45) is 0 Å². The van der Waals surface area contributed by atoms with E-state index in [0.717, 1.165) is 38.1 Å². The van der Waals surface area contributed by atoms with E-state index in [1.807, 2.05) is 54.7 Å². The number of ketones is 1. The molecule has 0 radical (unpaired) electrons. The summed E-state index contributed by atoms with van der Waals surface area (Å²) in [4.78, 5) is 20.8. The topological polar surface area (TPSA) is 33.2 Å². The van der Waals surface area contributed by atoms with Gasteiger partial charge in [0.15, 0.2) is 5.78 Å². The van der Waals surface area contributed by atoms with E-state index in [-0.39, 0.29) is 5.78 Å². The van der Waals surface area contributed by atoms with Crippen molar-refractivity contribution >= 4 is 50.5 Å². The Morgan fingerprint density at radius 2 is 1.64 bits per heavy atom. The van der Waals surface area contributed by atoms with Gasteiger partial charge in [-0.2, -0.15) is 0 Å². The molecule has 0 N–H and O–H groups in total. The van der Waals surface area contributed by atoms with Gasteiger partial charge >= 0.3 is 0 Å². The normalized spacial score (nSPS) is 14.1. The first kappa shape index (κ1) is 19.6. The highest BCUT2D eigenvalue weighted by atomic mass is 32.1. The van der Waals surface area contributed by atoms with E-state index in [9.17, 15) is 4.79 Å². The van der Waals surface area contributed by atoms with Crippen LogP contribution in [0.1, 0.15) is 20.8 Å². The molecule has 1 aliphatic carbocycles. The largest absolute Gasteiger partial charge is 0.289 e. The molecule has 0 bridgehead atoms. The van der Waals surface area contributed by atoms with Gasteiger partial charge in [-0.3, -0.25) is 9.69 Å². The predicted molar refractivity (Wildman–Crippen MR) is 137 cm³/mol. The molecule has 3 nitrogen and oxygen atoms in total. The predicted octanol–water partition coefficient (Wildman–Crippen LogP) is 7.59. The van der Waals surface area contributed by atoms with Gasteiger partial charge in [-0.15, -0.1) is 11.3 Å². The number of rotatable bonds is 4.